The lowest BCUT2D eigenvalue weighted by atomic mass is 10.1. The maximum Gasteiger partial charge on any atom is 0.333 e. The standard InChI is InChI=1S/C14H16ClN3O2/c1-3-18-9-10(8-16-18)17-13(14(19)20-2)11-6-4-5-7-12(11)15/h4-9,13,17H,3H2,1-2H3. The first kappa shape index (κ1) is 14.4. The predicted octanol–water partition coefficient (Wildman–Crippen LogP) is 2.88. The van der Waals surface area contributed by atoms with E-state index < -0.39 is 12.0 Å². The van der Waals surface area contributed by atoms with Gasteiger partial charge in [-0.3, -0.25) is 4.68 Å². The van der Waals surface area contributed by atoms with Crippen LogP contribution in [-0.4, -0.2) is 22.9 Å². The van der Waals surface area contributed by atoms with E-state index >= 15 is 0 Å². The van der Waals surface area contributed by atoms with Gasteiger partial charge in [-0.2, -0.15) is 5.10 Å². The summed E-state index contributed by atoms with van der Waals surface area (Å²) in [5.41, 5.74) is 1.41. The zero-order valence-corrected chi connectivity index (χ0v) is 12.1. The molecule has 1 aromatic carbocycles. The number of methoxy groups -OCH3 is 1. The average molecular weight is 294 g/mol. The number of halogens is 1. The average Bonchev–Trinajstić information content (AvgIpc) is 2.92. The second-order valence-electron chi connectivity index (χ2n) is 4.21. The Morgan fingerprint density at radius 1 is 1.50 bits per heavy atom. The Morgan fingerprint density at radius 2 is 2.25 bits per heavy atom. The Balaban J connectivity index is 2.29. The van der Waals surface area contributed by atoms with E-state index in [1.165, 1.54) is 7.11 Å². The van der Waals surface area contributed by atoms with Crippen molar-refractivity contribution in [2.24, 2.45) is 0 Å². The molecule has 0 saturated carbocycles. The summed E-state index contributed by atoms with van der Waals surface area (Å²) in [7, 11) is 1.35. The largest absolute Gasteiger partial charge is 0.467 e. The number of rotatable bonds is 5. The number of benzene rings is 1. The summed E-state index contributed by atoms with van der Waals surface area (Å²) >= 11 is 6.15. The molecule has 0 fully saturated rings. The number of esters is 1. The van der Waals surface area contributed by atoms with Gasteiger partial charge in [-0.05, 0) is 13.0 Å². The molecule has 0 saturated heterocycles. The molecular weight excluding hydrogens is 278 g/mol. The van der Waals surface area contributed by atoms with Crippen molar-refractivity contribution in [1.82, 2.24) is 9.78 Å². The van der Waals surface area contributed by atoms with Crippen LogP contribution in [-0.2, 0) is 16.1 Å². The van der Waals surface area contributed by atoms with Crippen LogP contribution in [0.25, 0.3) is 0 Å². The second kappa shape index (κ2) is 6.43. The molecule has 20 heavy (non-hydrogen) atoms. The summed E-state index contributed by atoms with van der Waals surface area (Å²) in [4.78, 5) is 12.0. The van der Waals surface area contributed by atoms with Gasteiger partial charge in [0.05, 0.1) is 19.0 Å². The number of aromatic nitrogens is 2. The number of carbonyl (C=O) groups excluding carboxylic acids is 1. The van der Waals surface area contributed by atoms with E-state index in [-0.39, 0.29) is 0 Å². The molecule has 0 amide bonds. The monoisotopic (exact) mass is 293 g/mol. The molecule has 1 heterocycles. The number of anilines is 1. The predicted molar refractivity (Wildman–Crippen MR) is 77.7 cm³/mol. The van der Waals surface area contributed by atoms with Crippen molar-refractivity contribution in [2.45, 2.75) is 19.5 Å². The van der Waals surface area contributed by atoms with Gasteiger partial charge in [0, 0.05) is 23.3 Å². The number of carbonyl (C=O) groups is 1. The third-order valence-corrected chi connectivity index (χ3v) is 3.27. The molecule has 5 nitrogen and oxygen atoms in total. The second-order valence-corrected chi connectivity index (χ2v) is 4.61. The number of hydrogen-bond donors (Lipinski definition) is 1. The molecule has 1 atom stereocenters. The van der Waals surface area contributed by atoms with Crippen LogP contribution in [0.3, 0.4) is 0 Å². The first-order valence-corrected chi connectivity index (χ1v) is 6.64. The van der Waals surface area contributed by atoms with Crippen molar-refractivity contribution < 1.29 is 9.53 Å². The smallest absolute Gasteiger partial charge is 0.333 e. The highest BCUT2D eigenvalue weighted by molar-refractivity contribution is 6.31. The van der Waals surface area contributed by atoms with Crippen molar-refractivity contribution in [3.63, 3.8) is 0 Å². The van der Waals surface area contributed by atoms with Gasteiger partial charge in [0.1, 0.15) is 0 Å². The fourth-order valence-corrected chi connectivity index (χ4v) is 2.11. The van der Waals surface area contributed by atoms with Crippen molar-refractivity contribution in [3.8, 4) is 0 Å². The van der Waals surface area contributed by atoms with Gasteiger partial charge in [0.2, 0.25) is 0 Å². The zero-order chi connectivity index (χ0) is 14.5. The summed E-state index contributed by atoms with van der Waals surface area (Å²) < 4.78 is 6.61. The highest BCUT2D eigenvalue weighted by atomic mass is 35.5. The molecule has 0 bridgehead atoms. The van der Waals surface area contributed by atoms with Crippen molar-refractivity contribution in [1.29, 1.82) is 0 Å². The lowest BCUT2D eigenvalue weighted by Gasteiger charge is -2.17. The number of nitrogens with one attached hydrogen (secondary N) is 1. The van der Waals surface area contributed by atoms with Crippen LogP contribution in [0.2, 0.25) is 5.02 Å². The number of aryl methyl sites for hydroxylation is 1. The Morgan fingerprint density at radius 3 is 2.85 bits per heavy atom. The van der Waals surface area contributed by atoms with Crippen molar-refractivity contribution in [2.75, 3.05) is 12.4 Å². The maximum absolute atomic E-state index is 12.0. The van der Waals surface area contributed by atoms with Crippen LogP contribution in [0, 0.1) is 0 Å². The van der Waals surface area contributed by atoms with Crippen molar-refractivity contribution >= 4 is 23.3 Å². The lowest BCUT2D eigenvalue weighted by molar-refractivity contribution is -0.141. The summed E-state index contributed by atoms with van der Waals surface area (Å²) in [6, 6.07) is 6.51. The number of hydrogen-bond acceptors (Lipinski definition) is 4. The van der Waals surface area contributed by atoms with Crippen LogP contribution in [0.4, 0.5) is 5.69 Å². The zero-order valence-electron chi connectivity index (χ0n) is 11.3. The first-order chi connectivity index (χ1) is 9.65. The SMILES string of the molecule is CCn1cc(NC(C(=O)OC)c2ccccc2Cl)cn1. The van der Waals surface area contributed by atoms with E-state index in [0.29, 0.717) is 10.6 Å². The van der Waals surface area contributed by atoms with Gasteiger partial charge >= 0.3 is 5.97 Å². The Kier molecular flexibility index (Phi) is 4.63. The molecule has 106 valence electrons. The molecule has 1 aromatic heterocycles. The van der Waals surface area contributed by atoms with Gasteiger partial charge in [-0.15, -0.1) is 0 Å². The summed E-state index contributed by atoms with van der Waals surface area (Å²) in [5.74, 6) is -0.401. The minimum Gasteiger partial charge on any atom is -0.467 e. The van der Waals surface area contributed by atoms with Crippen molar-refractivity contribution in [3.05, 3.63) is 47.2 Å². The van der Waals surface area contributed by atoms with E-state index in [1.807, 2.05) is 25.3 Å². The minimum absolute atomic E-state index is 0.401. The molecular formula is C14H16ClN3O2. The summed E-state index contributed by atoms with van der Waals surface area (Å²) in [5, 5.41) is 7.77. The highest BCUT2D eigenvalue weighted by Gasteiger charge is 2.23. The Bertz CT molecular complexity index is 598. The van der Waals surface area contributed by atoms with E-state index in [0.717, 1.165) is 12.2 Å². The number of ether oxygens (including phenoxy) is 1. The topological polar surface area (TPSA) is 56.2 Å². The van der Waals surface area contributed by atoms with Gasteiger partial charge in [0.25, 0.3) is 0 Å². The van der Waals surface area contributed by atoms with E-state index in [9.17, 15) is 4.79 Å². The Hall–Kier alpha value is -2.01. The van der Waals surface area contributed by atoms with E-state index in [1.54, 1.807) is 23.0 Å². The summed E-state index contributed by atoms with van der Waals surface area (Å²) in [6.45, 7) is 2.75. The first-order valence-electron chi connectivity index (χ1n) is 6.27. The van der Waals surface area contributed by atoms with Crippen LogP contribution in [0.5, 0.6) is 0 Å². The molecule has 1 unspecified atom stereocenters. The Labute approximate surface area is 122 Å². The third-order valence-electron chi connectivity index (χ3n) is 2.92. The lowest BCUT2D eigenvalue weighted by Crippen LogP contribution is -2.22. The molecule has 0 aliphatic heterocycles. The van der Waals surface area contributed by atoms with Gasteiger partial charge in [0.15, 0.2) is 6.04 Å². The molecule has 2 aromatic rings. The van der Waals surface area contributed by atoms with Gasteiger partial charge in [-0.1, -0.05) is 29.8 Å². The molecule has 1 N–H and O–H groups in total. The maximum atomic E-state index is 12.0. The quantitative estimate of drug-likeness (QED) is 0.861. The van der Waals surface area contributed by atoms with E-state index in [4.69, 9.17) is 16.3 Å². The normalized spacial score (nSPS) is 11.9. The fourth-order valence-electron chi connectivity index (χ4n) is 1.87. The third kappa shape index (κ3) is 3.11. The van der Waals surface area contributed by atoms with Gasteiger partial charge in [-0.25, -0.2) is 4.79 Å². The van der Waals surface area contributed by atoms with Crippen LogP contribution < -0.4 is 5.32 Å². The molecule has 6 heteroatoms. The van der Waals surface area contributed by atoms with Crippen LogP contribution >= 0.6 is 11.6 Å². The van der Waals surface area contributed by atoms with E-state index in [2.05, 4.69) is 10.4 Å². The molecule has 0 aliphatic carbocycles. The molecule has 2 rings (SSSR count). The van der Waals surface area contributed by atoms with Crippen LogP contribution in [0.15, 0.2) is 36.7 Å². The minimum atomic E-state index is -0.664. The van der Waals surface area contributed by atoms with Crippen LogP contribution in [0.1, 0.15) is 18.5 Å². The van der Waals surface area contributed by atoms with Gasteiger partial charge < -0.3 is 10.1 Å². The fraction of sp³-hybridized carbons (Fsp3) is 0.286. The highest BCUT2D eigenvalue weighted by Crippen LogP contribution is 2.26. The summed E-state index contributed by atoms with van der Waals surface area (Å²) in [6.07, 6.45) is 3.49. The molecule has 0 radical (unpaired) electrons. The molecule has 0 aliphatic rings. The number of nitrogens with zero attached hydrogens (tertiary/aromatic N) is 2. The molecule has 0 spiro atoms.